The predicted octanol–water partition coefficient (Wildman–Crippen LogP) is 5.53. The van der Waals surface area contributed by atoms with Crippen molar-refractivity contribution in [3.63, 3.8) is 0 Å². The van der Waals surface area contributed by atoms with E-state index in [0.717, 1.165) is 52.1 Å². The van der Waals surface area contributed by atoms with Gasteiger partial charge in [-0.2, -0.15) is 9.78 Å². The van der Waals surface area contributed by atoms with Gasteiger partial charge in [-0.25, -0.2) is 0 Å². The van der Waals surface area contributed by atoms with E-state index in [2.05, 4.69) is 13.8 Å². The summed E-state index contributed by atoms with van der Waals surface area (Å²) in [7, 11) is 0. The molecule has 30 heavy (non-hydrogen) atoms. The minimum Gasteiger partial charge on any atom is -0.267 e. The smallest absolute Gasteiger partial charge is 0.267 e. The lowest BCUT2D eigenvalue weighted by Crippen LogP contribution is -2.31. The Hall–Kier alpha value is -2.98. The Morgan fingerprint density at radius 1 is 1.00 bits per heavy atom. The molecule has 0 amide bonds. The maximum absolute atomic E-state index is 13.6. The number of aromatic nitrogens is 3. The Labute approximate surface area is 180 Å². The summed E-state index contributed by atoms with van der Waals surface area (Å²) in [6, 6.07) is 17.3. The van der Waals surface area contributed by atoms with Crippen LogP contribution in [-0.4, -0.2) is 14.8 Å². The molecule has 5 rings (SSSR count). The van der Waals surface area contributed by atoms with Crippen LogP contribution in [0.1, 0.15) is 30.8 Å². The molecule has 2 aromatic carbocycles. The largest absolute Gasteiger partial charge is 0.279 e. The molecule has 150 valence electrons. The Bertz CT molecular complexity index is 1350. The van der Waals surface area contributed by atoms with Gasteiger partial charge in [-0.1, -0.05) is 55.8 Å². The second kappa shape index (κ2) is 6.78. The van der Waals surface area contributed by atoms with Crippen LogP contribution in [0.2, 0.25) is 5.02 Å². The number of hydrogen-bond acceptors (Lipinski definition) is 3. The van der Waals surface area contributed by atoms with Gasteiger partial charge in [0.2, 0.25) is 0 Å². The van der Waals surface area contributed by atoms with Crippen molar-refractivity contribution in [3.8, 4) is 16.9 Å². The van der Waals surface area contributed by atoms with Crippen molar-refractivity contribution in [2.75, 3.05) is 0 Å². The third-order valence-corrected chi connectivity index (χ3v) is 6.05. The molecule has 0 aliphatic heterocycles. The number of aryl methyl sites for hydroxylation is 1. The topological polar surface area (TPSA) is 47.8 Å². The van der Waals surface area contributed by atoms with Gasteiger partial charge >= 0.3 is 0 Å². The summed E-state index contributed by atoms with van der Waals surface area (Å²) in [5, 5.41) is 7.09. The molecular weight excluding hydrogens is 394 g/mol. The van der Waals surface area contributed by atoms with Gasteiger partial charge in [0.05, 0.1) is 28.2 Å². The molecule has 4 nitrogen and oxygen atoms in total. The Balaban J connectivity index is 1.85. The summed E-state index contributed by atoms with van der Waals surface area (Å²) in [6.45, 7) is 6.45. The minimum atomic E-state index is -0.110. The number of hydrogen-bond donors (Lipinski definition) is 0. The average molecular weight is 416 g/mol. The van der Waals surface area contributed by atoms with Crippen LogP contribution in [0.15, 0.2) is 59.4 Å². The molecule has 0 radical (unpaired) electrons. The summed E-state index contributed by atoms with van der Waals surface area (Å²) in [6.07, 6.45) is 1.62. The molecule has 4 aromatic rings. The molecule has 2 aromatic heterocycles. The van der Waals surface area contributed by atoms with Crippen LogP contribution in [0.3, 0.4) is 0 Å². The van der Waals surface area contributed by atoms with Crippen molar-refractivity contribution in [2.45, 2.75) is 33.6 Å². The number of benzene rings is 2. The first-order chi connectivity index (χ1) is 14.3. The van der Waals surface area contributed by atoms with Crippen LogP contribution >= 0.6 is 11.6 Å². The quantitative estimate of drug-likeness (QED) is 0.432. The fourth-order valence-corrected chi connectivity index (χ4v) is 4.50. The molecule has 0 saturated carbocycles. The van der Waals surface area contributed by atoms with E-state index < -0.39 is 0 Å². The van der Waals surface area contributed by atoms with E-state index in [9.17, 15) is 4.79 Å². The van der Waals surface area contributed by atoms with Crippen molar-refractivity contribution >= 4 is 22.4 Å². The second-order valence-corrected chi connectivity index (χ2v) is 9.29. The van der Waals surface area contributed by atoms with Crippen molar-refractivity contribution in [3.05, 3.63) is 86.9 Å². The summed E-state index contributed by atoms with van der Waals surface area (Å²) >= 11 is 6.07. The van der Waals surface area contributed by atoms with Gasteiger partial charge in [-0.05, 0) is 55.0 Å². The third kappa shape index (κ3) is 3.12. The van der Waals surface area contributed by atoms with E-state index in [4.69, 9.17) is 21.7 Å². The summed E-state index contributed by atoms with van der Waals surface area (Å²) < 4.78 is 1.56. The summed E-state index contributed by atoms with van der Waals surface area (Å²) in [4.78, 5) is 18.5. The van der Waals surface area contributed by atoms with Crippen LogP contribution in [0.25, 0.3) is 27.7 Å². The number of halogens is 1. The molecule has 0 spiro atoms. The zero-order valence-electron chi connectivity index (χ0n) is 17.2. The monoisotopic (exact) mass is 415 g/mol. The zero-order valence-corrected chi connectivity index (χ0v) is 18.0. The van der Waals surface area contributed by atoms with Crippen LogP contribution < -0.4 is 5.56 Å². The lowest BCUT2D eigenvalue weighted by Gasteiger charge is -2.30. The lowest BCUT2D eigenvalue weighted by atomic mass is 9.77. The zero-order chi connectivity index (χ0) is 21.0. The average Bonchev–Trinajstić information content (AvgIpc) is 2.70. The molecule has 0 N–H and O–H groups in total. The highest BCUT2D eigenvalue weighted by atomic mass is 35.5. The number of pyridine rings is 1. The maximum Gasteiger partial charge on any atom is 0.279 e. The molecule has 0 fully saturated rings. The van der Waals surface area contributed by atoms with Crippen LogP contribution in [-0.2, 0) is 12.8 Å². The first-order valence-corrected chi connectivity index (χ1v) is 10.5. The first-order valence-electron chi connectivity index (χ1n) is 10.1. The fourth-order valence-electron chi connectivity index (χ4n) is 4.37. The summed E-state index contributed by atoms with van der Waals surface area (Å²) in [5.41, 5.74) is 5.36. The molecule has 1 aliphatic carbocycles. The van der Waals surface area contributed by atoms with E-state index in [1.807, 2.05) is 61.5 Å². The number of para-hydroxylation sites is 1. The van der Waals surface area contributed by atoms with Gasteiger partial charge in [0.15, 0.2) is 0 Å². The van der Waals surface area contributed by atoms with Crippen molar-refractivity contribution < 1.29 is 0 Å². The second-order valence-electron chi connectivity index (χ2n) is 8.85. The number of nitrogens with zero attached hydrogens (tertiary/aromatic N) is 3. The molecule has 0 atom stereocenters. The van der Waals surface area contributed by atoms with E-state index in [0.29, 0.717) is 10.4 Å². The standard InChI is InChI=1S/C25H22ClN3O/c1-15-6-4-5-7-22(15)29-24(30)18-12-19(16-8-10-17(26)11-9-16)27-20-13-25(2,3)14-21(28-29)23(18)20/h4-12H,13-14H2,1-3H3. The van der Waals surface area contributed by atoms with Crippen LogP contribution in [0, 0.1) is 12.3 Å². The fraction of sp³-hybridized carbons (Fsp3) is 0.240. The van der Waals surface area contributed by atoms with Crippen LogP contribution in [0.4, 0.5) is 0 Å². The Morgan fingerprint density at radius 3 is 2.43 bits per heavy atom. The number of rotatable bonds is 2. The van der Waals surface area contributed by atoms with Gasteiger partial charge in [-0.3, -0.25) is 9.78 Å². The van der Waals surface area contributed by atoms with Gasteiger partial charge in [0, 0.05) is 16.0 Å². The molecule has 2 heterocycles. The normalized spacial score (nSPS) is 14.8. The highest BCUT2D eigenvalue weighted by Gasteiger charge is 2.31. The van der Waals surface area contributed by atoms with Gasteiger partial charge in [-0.15, -0.1) is 0 Å². The van der Waals surface area contributed by atoms with Gasteiger partial charge in [0.1, 0.15) is 0 Å². The highest BCUT2D eigenvalue weighted by Crippen LogP contribution is 2.37. The van der Waals surface area contributed by atoms with E-state index >= 15 is 0 Å². The summed E-state index contributed by atoms with van der Waals surface area (Å²) in [5.74, 6) is 0. The van der Waals surface area contributed by atoms with E-state index in [1.165, 1.54) is 0 Å². The SMILES string of the molecule is Cc1ccccc1-n1nc2c3c(nc(-c4ccc(Cl)cc4)cc3c1=O)CC(C)(C)C2. The predicted molar refractivity (Wildman–Crippen MR) is 122 cm³/mol. The Morgan fingerprint density at radius 2 is 1.70 bits per heavy atom. The maximum atomic E-state index is 13.6. The van der Waals surface area contributed by atoms with E-state index in [-0.39, 0.29) is 11.0 Å². The van der Waals surface area contributed by atoms with Crippen molar-refractivity contribution in [1.29, 1.82) is 0 Å². The van der Waals surface area contributed by atoms with Gasteiger partial charge in [0.25, 0.3) is 5.56 Å². The molecular formula is C25H22ClN3O. The van der Waals surface area contributed by atoms with Gasteiger partial charge < -0.3 is 0 Å². The van der Waals surface area contributed by atoms with Crippen molar-refractivity contribution in [1.82, 2.24) is 14.8 Å². The highest BCUT2D eigenvalue weighted by molar-refractivity contribution is 6.30. The third-order valence-electron chi connectivity index (χ3n) is 5.80. The van der Waals surface area contributed by atoms with E-state index in [1.54, 1.807) is 4.68 Å². The minimum absolute atomic E-state index is 0.0203. The Kier molecular flexibility index (Phi) is 4.30. The molecule has 5 heteroatoms. The molecule has 0 unspecified atom stereocenters. The molecule has 0 bridgehead atoms. The first kappa shape index (κ1) is 19.0. The molecule has 0 saturated heterocycles. The lowest BCUT2D eigenvalue weighted by molar-refractivity contribution is 0.345. The molecule has 1 aliphatic rings. The van der Waals surface area contributed by atoms with Crippen molar-refractivity contribution in [2.24, 2.45) is 5.41 Å². The van der Waals surface area contributed by atoms with Crippen LogP contribution in [0.5, 0.6) is 0 Å².